The lowest BCUT2D eigenvalue weighted by Gasteiger charge is -2.21. The van der Waals surface area contributed by atoms with Crippen LogP contribution >= 0.6 is 0 Å². The fourth-order valence-electron chi connectivity index (χ4n) is 2.50. The minimum absolute atomic E-state index is 0.270. The molecule has 0 bridgehead atoms. The van der Waals surface area contributed by atoms with Gasteiger partial charge in [-0.3, -0.25) is 0 Å². The van der Waals surface area contributed by atoms with Gasteiger partial charge in [0.15, 0.2) is 0 Å². The van der Waals surface area contributed by atoms with Crippen molar-refractivity contribution in [1.82, 2.24) is 4.98 Å². The summed E-state index contributed by atoms with van der Waals surface area (Å²) in [5.41, 5.74) is 7.24. The Bertz CT molecular complexity index is 786. The Morgan fingerprint density at radius 1 is 1.05 bits per heavy atom. The lowest BCUT2D eigenvalue weighted by molar-refractivity contribution is 0.627. The van der Waals surface area contributed by atoms with Crippen molar-refractivity contribution in [3.05, 3.63) is 66.1 Å². The summed E-state index contributed by atoms with van der Waals surface area (Å²) in [6, 6.07) is 14.6. The Balaban J connectivity index is 2.19. The molecule has 4 heteroatoms. The Hall–Kier alpha value is -2.46. The average molecular weight is 281 g/mol. The first kappa shape index (κ1) is 13.5. The molecule has 0 fully saturated rings. The van der Waals surface area contributed by atoms with Crippen molar-refractivity contribution < 1.29 is 4.39 Å². The van der Waals surface area contributed by atoms with E-state index in [1.54, 1.807) is 23.2 Å². The van der Waals surface area contributed by atoms with Crippen LogP contribution in [0.15, 0.2) is 54.7 Å². The van der Waals surface area contributed by atoms with Crippen LogP contribution in [0.5, 0.6) is 0 Å². The van der Waals surface area contributed by atoms with E-state index >= 15 is 0 Å². The first-order chi connectivity index (χ1) is 10.2. The zero-order chi connectivity index (χ0) is 14.8. The maximum absolute atomic E-state index is 14.0. The number of anilines is 2. The Labute approximate surface area is 122 Å². The highest BCUT2D eigenvalue weighted by Crippen LogP contribution is 2.31. The molecule has 0 saturated heterocycles. The Kier molecular flexibility index (Phi) is 3.54. The van der Waals surface area contributed by atoms with E-state index in [1.807, 2.05) is 37.4 Å². The summed E-state index contributed by atoms with van der Waals surface area (Å²) in [5, 5.41) is 2.01. The highest BCUT2D eigenvalue weighted by molar-refractivity contribution is 5.95. The number of halogens is 1. The molecule has 2 aromatic carbocycles. The molecule has 0 radical (unpaired) electrons. The van der Waals surface area contributed by atoms with E-state index in [0.717, 1.165) is 16.3 Å². The monoisotopic (exact) mass is 281 g/mol. The minimum Gasteiger partial charge on any atom is -0.326 e. The smallest absolute Gasteiger partial charge is 0.146 e. The van der Waals surface area contributed by atoms with Crippen LogP contribution in [-0.4, -0.2) is 12.0 Å². The van der Waals surface area contributed by atoms with Crippen molar-refractivity contribution in [2.45, 2.75) is 6.54 Å². The zero-order valence-electron chi connectivity index (χ0n) is 11.8. The summed E-state index contributed by atoms with van der Waals surface area (Å²) in [6.45, 7) is 0.428. The van der Waals surface area contributed by atoms with Gasteiger partial charge in [0.25, 0.3) is 0 Å². The van der Waals surface area contributed by atoms with Crippen LogP contribution in [0.1, 0.15) is 5.56 Å². The maximum Gasteiger partial charge on any atom is 0.146 e. The molecule has 3 nitrogen and oxygen atoms in total. The molecule has 1 heterocycles. The Morgan fingerprint density at radius 2 is 1.71 bits per heavy atom. The predicted molar refractivity (Wildman–Crippen MR) is 84.1 cm³/mol. The van der Waals surface area contributed by atoms with Crippen LogP contribution in [0.4, 0.5) is 15.9 Å². The summed E-state index contributed by atoms with van der Waals surface area (Å²) in [5.74, 6) is 0.446. The molecule has 0 unspecified atom stereocenters. The molecule has 0 amide bonds. The number of nitrogens with two attached hydrogens (primary N) is 1. The van der Waals surface area contributed by atoms with Crippen molar-refractivity contribution in [2.75, 3.05) is 11.9 Å². The molecule has 0 aliphatic heterocycles. The van der Waals surface area contributed by atoms with Gasteiger partial charge in [0.05, 0.1) is 5.69 Å². The number of pyridine rings is 1. The SMILES string of the molecule is CN(c1ccccc1F)c1ncc(CN)c2ccccc12. The molecule has 0 aliphatic carbocycles. The molecule has 3 aromatic rings. The molecule has 1 aromatic heterocycles. The fourth-order valence-corrected chi connectivity index (χ4v) is 2.50. The van der Waals surface area contributed by atoms with E-state index in [2.05, 4.69) is 4.98 Å². The van der Waals surface area contributed by atoms with Gasteiger partial charge in [-0.05, 0) is 23.1 Å². The van der Waals surface area contributed by atoms with Crippen LogP contribution in [0.25, 0.3) is 10.8 Å². The van der Waals surface area contributed by atoms with Gasteiger partial charge >= 0.3 is 0 Å². The third-order valence-corrected chi connectivity index (χ3v) is 3.61. The van der Waals surface area contributed by atoms with Gasteiger partial charge in [-0.15, -0.1) is 0 Å². The maximum atomic E-state index is 14.0. The highest BCUT2D eigenvalue weighted by atomic mass is 19.1. The summed E-state index contributed by atoms with van der Waals surface area (Å²) < 4.78 is 14.0. The molecule has 106 valence electrons. The van der Waals surface area contributed by atoms with Gasteiger partial charge in [-0.25, -0.2) is 9.37 Å². The molecule has 0 aliphatic rings. The second kappa shape index (κ2) is 5.50. The fraction of sp³-hybridized carbons (Fsp3) is 0.118. The van der Waals surface area contributed by atoms with E-state index in [-0.39, 0.29) is 5.82 Å². The second-order valence-corrected chi connectivity index (χ2v) is 4.87. The number of rotatable bonds is 3. The van der Waals surface area contributed by atoms with E-state index in [4.69, 9.17) is 5.73 Å². The van der Waals surface area contributed by atoms with Gasteiger partial charge in [0.1, 0.15) is 11.6 Å². The van der Waals surface area contributed by atoms with Gasteiger partial charge in [0, 0.05) is 25.2 Å². The van der Waals surface area contributed by atoms with Crippen molar-refractivity contribution in [3.63, 3.8) is 0 Å². The number of aromatic nitrogens is 1. The van der Waals surface area contributed by atoms with Crippen molar-refractivity contribution >= 4 is 22.3 Å². The highest BCUT2D eigenvalue weighted by Gasteiger charge is 2.14. The molecular formula is C17H16FN3. The van der Waals surface area contributed by atoms with Gasteiger partial charge in [-0.2, -0.15) is 0 Å². The van der Waals surface area contributed by atoms with Crippen LogP contribution in [0.3, 0.4) is 0 Å². The molecule has 21 heavy (non-hydrogen) atoms. The summed E-state index contributed by atoms with van der Waals surface area (Å²) in [7, 11) is 1.81. The van der Waals surface area contributed by atoms with E-state index in [9.17, 15) is 4.39 Å². The van der Waals surface area contributed by atoms with Gasteiger partial charge in [0.2, 0.25) is 0 Å². The number of para-hydroxylation sites is 1. The molecule has 0 spiro atoms. The topological polar surface area (TPSA) is 42.2 Å². The molecule has 3 rings (SSSR count). The lowest BCUT2D eigenvalue weighted by Crippen LogP contribution is -2.14. The van der Waals surface area contributed by atoms with Crippen LogP contribution in [-0.2, 0) is 6.54 Å². The molecule has 0 atom stereocenters. The number of hydrogen-bond acceptors (Lipinski definition) is 3. The Morgan fingerprint density at radius 3 is 2.43 bits per heavy atom. The van der Waals surface area contributed by atoms with Gasteiger partial charge < -0.3 is 10.6 Å². The van der Waals surface area contributed by atoms with E-state index in [0.29, 0.717) is 18.1 Å². The average Bonchev–Trinajstić information content (AvgIpc) is 2.53. The molecule has 2 N–H and O–H groups in total. The van der Waals surface area contributed by atoms with Crippen LogP contribution in [0.2, 0.25) is 0 Å². The first-order valence-electron chi connectivity index (χ1n) is 6.77. The second-order valence-electron chi connectivity index (χ2n) is 4.87. The molecular weight excluding hydrogens is 265 g/mol. The summed E-state index contributed by atoms with van der Waals surface area (Å²) in [4.78, 5) is 6.24. The van der Waals surface area contributed by atoms with Gasteiger partial charge in [-0.1, -0.05) is 36.4 Å². The molecule has 0 saturated carbocycles. The van der Waals surface area contributed by atoms with E-state index < -0.39 is 0 Å². The number of fused-ring (bicyclic) bond motifs is 1. The largest absolute Gasteiger partial charge is 0.326 e. The van der Waals surface area contributed by atoms with Crippen molar-refractivity contribution in [1.29, 1.82) is 0 Å². The summed E-state index contributed by atoms with van der Waals surface area (Å²) in [6.07, 6.45) is 1.76. The number of nitrogens with zero attached hydrogens (tertiary/aromatic N) is 2. The first-order valence-corrected chi connectivity index (χ1v) is 6.77. The van der Waals surface area contributed by atoms with E-state index in [1.165, 1.54) is 6.07 Å². The van der Waals surface area contributed by atoms with Crippen molar-refractivity contribution in [3.8, 4) is 0 Å². The lowest BCUT2D eigenvalue weighted by atomic mass is 10.1. The van der Waals surface area contributed by atoms with Crippen LogP contribution in [0, 0.1) is 5.82 Å². The zero-order valence-corrected chi connectivity index (χ0v) is 11.8. The third-order valence-electron chi connectivity index (χ3n) is 3.61. The normalized spacial score (nSPS) is 10.8. The number of hydrogen-bond donors (Lipinski definition) is 1. The third kappa shape index (κ3) is 2.34. The van der Waals surface area contributed by atoms with Crippen LogP contribution < -0.4 is 10.6 Å². The summed E-state index contributed by atoms with van der Waals surface area (Å²) >= 11 is 0. The number of benzene rings is 2. The standard InChI is InChI=1S/C17H16FN3/c1-21(16-9-5-4-8-15(16)18)17-14-7-3-2-6-13(14)12(10-19)11-20-17/h2-9,11H,10,19H2,1H3. The predicted octanol–water partition coefficient (Wildman–Crippen LogP) is 3.60. The quantitative estimate of drug-likeness (QED) is 0.797. The van der Waals surface area contributed by atoms with Crippen molar-refractivity contribution in [2.24, 2.45) is 5.73 Å². The minimum atomic E-state index is -0.270.